The van der Waals surface area contributed by atoms with E-state index in [1.54, 1.807) is 14.1 Å². The zero-order valence-corrected chi connectivity index (χ0v) is 22.6. The number of hydrogen-bond donors (Lipinski definition) is 3. The molecule has 11 nitrogen and oxygen atoms in total. The van der Waals surface area contributed by atoms with Gasteiger partial charge in [0.05, 0.1) is 5.02 Å². The standard InChI is InChI=1S/C25H20Cl2N4O7S/c1-31(2)25(34)29-14-4-7-16(8-5-14)39(35,36)38-15-6-9-17-20(12-15)37-23(21(17)30-24(28)33)22(32)18-11-13(26)3-10-19(18)27/h3-12H,1-2H3,(H,29,34)(H3,28,30,33). The summed E-state index contributed by atoms with van der Waals surface area (Å²) in [5.74, 6) is -1.13. The van der Waals surface area contributed by atoms with Crippen molar-refractivity contribution in [2.75, 3.05) is 24.7 Å². The Morgan fingerprint density at radius 1 is 0.949 bits per heavy atom. The van der Waals surface area contributed by atoms with Crippen LogP contribution in [-0.4, -0.2) is 45.3 Å². The lowest BCUT2D eigenvalue weighted by Gasteiger charge is -2.12. The summed E-state index contributed by atoms with van der Waals surface area (Å²) in [5, 5.41) is 5.54. The number of urea groups is 2. The number of primary amides is 1. The first kappa shape index (κ1) is 27.8. The van der Waals surface area contributed by atoms with Crippen LogP contribution in [0.2, 0.25) is 10.0 Å². The van der Waals surface area contributed by atoms with Gasteiger partial charge in [-0.25, -0.2) is 9.59 Å². The maximum Gasteiger partial charge on any atom is 0.339 e. The van der Waals surface area contributed by atoms with E-state index in [9.17, 15) is 22.8 Å². The van der Waals surface area contributed by atoms with Gasteiger partial charge in [-0.2, -0.15) is 8.42 Å². The summed E-state index contributed by atoms with van der Waals surface area (Å²) in [6.07, 6.45) is 0. The van der Waals surface area contributed by atoms with Crippen LogP contribution in [0.4, 0.5) is 21.0 Å². The molecule has 4 aromatic rings. The molecule has 0 fully saturated rings. The molecule has 3 aromatic carbocycles. The van der Waals surface area contributed by atoms with E-state index in [4.69, 9.17) is 37.5 Å². The van der Waals surface area contributed by atoms with Crippen LogP contribution < -0.4 is 20.6 Å². The largest absolute Gasteiger partial charge is 0.450 e. The predicted octanol–water partition coefficient (Wildman–Crippen LogP) is 5.32. The number of nitrogens with one attached hydrogen (secondary N) is 2. The minimum Gasteiger partial charge on any atom is -0.450 e. The molecule has 202 valence electrons. The Labute approximate surface area is 232 Å². The Hall–Kier alpha value is -4.26. The van der Waals surface area contributed by atoms with E-state index in [1.807, 2.05) is 0 Å². The van der Waals surface area contributed by atoms with E-state index in [1.165, 1.54) is 65.6 Å². The number of fused-ring (bicyclic) bond motifs is 1. The van der Waals surface area contributed by atoms with Crippen molar-refractivity contribution in [3.8, 4) is 5.75 Å². The van der Waals surface area contributed by atoms with Gasteiger partial charge in [0.15, 0.2) is 5.76 Å². The van der Waals surface area contributed by atoms with E-state index in [0.29, 0.717) is 5.69 Å². The first-order valence-corrected chi connectivity index (χ1v) is 13.2. The van der Waals surface area contributed by atoms with Crippen LogP contribution in [-0.2, 0) is 10.1 Å². The second-order valence-corrected chi connectivity index (χ2v) is 10.7. The molecule has 4 rings (SSSR count). The average molecular weight is 591 g/mol. The number of carbonyl (C=O) groups excluding carboxylic acids is 3. The van der Waals surface area contributed by atoms with Crippen molar-refractivity contribution in [3.05, 3.63) is 82.0 Å². The zero-order chi connectivity index (χ0) is 28.5. The van der Waals surface area contributed by atoms with Crippen LogP contribution >= 0.6 is 23.2 Å². The fourth-order valence-electron chi connectivity index (χ4n) is 3.44. The molecule has 39 heavy (non-hydrogen) atoms. The number of furan rings is 1. The third-order valence-corrected chi connectivity index (χ3v) is 7.12. The molecular formula is C25H20Cl2N4O7S. The number of ketones is 1. The normalized spacial score (nSPS) is 11.2. The summed E-state index contributed by atoms with van der Waals surface area (Å²) in [5.41, 5.74) is 5.67. The number of nitrogens with zero attached hydrogens (tertiary/aromatic N) is 1. The lowest BCUT2D eigenvalue weighted by atomic mass is 10.1. The molecule has 0 saturated carbocycles. The lowest BCUT2D eigenvalue weighted by Crippen LogP contribution is -2.27. The van der Waals surface area contributed by atoms with Crippen LogP contribution in [0.5, 0.6) is 5.75 Å². The van der Waals surface area contributed by atoms with Crippen molar-refractivity contribution in [2.45, 2.75) is 4.90 Å². The van der Waals surface area contributed by atoms with Gasteiger partial charge in [-0.1, -0.05) is 23.2 Å². The Morgan fingerprint density at radius 2 is 1.64 bits per heavy atom. The van der Waals surface area contributed by atoms with E-state index >= 15 is 0 Å². The first-order chi connectivity index (χ1) is 18.4. The molecule has 4 N–H and O–H groups in total. The summed E-state index contributed by atoms with van der Waals surface area (Å²) in [6, 6.07) is 12.2. The minimum atomic E-state index is -4.29. The second-order valence-electron chi connectivity index (χ2n) is 8.29. The van der Waals surface area contributed by atoms with Gasteiger partial charge >= 0.3 is 22.2 Å². The number of carbonyl (C=O) groups is 3. The van der Waals surface area contributed by atoms with Gasteiger partial charge < -0.3 is 29.9 Å². The van der Waals surface area contributed by atoms with Gasteiger partial charge in [-0.15, -0.1) is 0 Å². The summed E-state index contributed by atoms with van der Waals surface area (Å²) in [6.45, 7) is 0. The maximum atomic E-state index is 13.2. The Bertz CT molecular complexity index is 1720. The molecular weight excluding hydrogens is 571 g/mol. The molecule has 0 spiro atoms. The molecule has 0 aliphatic heterocycles. The zero-order valence-electron chi connectivity index (χ0n) is 20.3. The van der Waals surface area contributed by atoms with Crippen LogP contribution in [0.15, 0.2) is 70.0 Å². The van der Waals surface area contributed by atoms with E-state index in [0.717, 1.165) is 0 Å². The lowest BCUT2D eigenvalue weighted by molar-refractivity contribution is 0.101. The Balaban J connectivity index is 1.66. The molecule has 0 atom stereocenters. The molecule has 1 heterocycles. The molecule has 4 amide bonds. The first-order valence-electron chi connectivity index (χ1n) is 11.0. The number of halogens is 2. The molecule has 0 bridgehead atoms. The van der Waals surface area contributed by atoms with E-state index in [-0.39, 0.29) is 54.7 Å². The van der Waals surface area contributed by atoms with Crippen molar-refractivity contribution >= 4 is 73.5 Å². The number of hydrogen-bond acceptors (Lipinski definition) is 7. The molecule has 1 aromatic heterocycles. The maximum absolute atomic E-state index is 13.2. The number of benzene rings is 3. The van der Waals surface area contributed by atoms with Crippen molar-refractivity contribution in [2.24, 2.45) is 5.73 Å². The van der Waals surface area contributed by atoms with Gasteiger partial charge in [-0.3, -0.25) is 4.79 Å². The predicted molar refractivity (Wildman–Crippen MR) is 146 cm³/mol. The Kier molecular flexibility index (Phi) is 7.72. The van der Waals surface area contributed by atoms with Crippen LogP contribution in [0.3, 0.4) is 0 Å². The van der Waals surface area contributed by atoms with Crippen LogP contribution in [0, 0.1) is 0 Å². The van der Waals surface area contributed by atoms with Gasteiger partial charge in [-0.05, 0) is 54.6 Å². The average Bonchev–Trinajstić information content (AvgIpc) is 3.21. The summed E-state index contributed by atoms with van der Waals surface area (Å²) >= 11 is 12.2. The van der Waals surface area contributed by atoms with Gasteiger partial charge in [0.1, 0.15) is 21.9 Å². The third kappa shape index (κ3) is 6.08. The number of anilines is 2. The second kappa shape index (κ2) is 10.8. The fourth-order valence-corrected chi connectivity index (χ4v) is 4.74. The third-order valence-electron chi connectivity index (χ3n) is 5.30. The number of amides is 4. The molecule has 0 unspecified atom stereocenters. The van der Waals surface area contributed by atoms with Crippen molar-refractivity contribution < 1.29 is 31.4 Å². The molecule has 0 aliphatic carbocycles. The van der Waals surface area contributed by atoms with Gasteiger partial charge in [0, 0.05) is 41.8 Å². The van der Waals surface area contributed by atoms with Crippen molar-refractivity contribution in [3.63, 3.8) is 0 Å². The summed E-state index contributed by atoms with van der Waals surface area (Å²) < 4.78 is 36.7. The Morgan fingerprint density at radius 3 is 2.28 bits per heavy atom. The smallest absolute Gasteiger partial charge is 0.339 e. The summed E-state index contributed by atoms with van der Waals surface area (Å²) in [4.78, 5) is 37.8. The molecule has 0 radical (unpaired) electrons. The highest BCUT2D eigenvalue weighted by molar-refractivity contribution is 7.87. The van der Waals surface area contributed by atoms with E-state index in [2.05, 4.69) is 10.6 Å². The minimum absolute atomic E-state index is 0.0139. The van der Waals surface area contributed by atoms with Crippen LogP contribution in [0.1, 0.15) is 16.1 Å². The highest BCUT2D eigenvalue weighted by Gasteiger charge is 2.26. The molecule has 14 heteroatoms. The number of rotatable bonds is 7. The quantitative estimate of drug-likeness (QED) is 0.194. The van der Waals surface area contributed by atoms with Crippen molar-refractivity contribution in [1.82, 2.24) is 4.90 Å². The monoisotopic (exact) mass is 590 g/mol. The highest BCUT2D eigenvalue weighted by atomic mass is 35.5. The van der Waals surface area contributed by atoms with E-state index < -0.39 is 21.9 Å². The van der Waals surface area contributed by atoms with Crippen LogP contribution in [0.25, 0.3) is 11.0 Å². The number of nitrogens with two attached hydrogens (primary N) is 1. The fraction of sp³-hybridized carbons (Fsp3) is 0.0800. The van der Waals surface area contributed by atoms with Gasteiger partial charge in [0.2, 0.25) is 5.78 Å². The molecule has 0 aliphatic rings. The summed E-state index contributed by atoms with van der Waals surface area (Å²) in [7, 11) is -1.16. The van der Waals surface area contributed by atoms with Crippen molar-refractivity contribution in [1.29, 1.82) is 0 Å². The van der Waals surface area contributed by atoms with Gasteiger partial charge in [0.25, 0.3) is 0 Å². The topological polar surface area (TPSA) is 161 Å². The SMILES string of the molecule is CN(C)C(=O)Nc1ccc(S(=O)(=O)Oc2ccc3c(NC(N)=O)c(C(=O)c4cc(Cl)ccc4Cl)oc3c2)cc1. The highest BCUT2D eigenvalue weighted by Crippen LogP contribution is 2.36. The molecule has 0 saturated heterocycles.